The van der Waals surface area contributed by atoms with Crippen molar-refractivity contribution in [2.75, 3.05) is 13.1 Å². The van der Waals surface area contributed by atoms with E-state index in [2.05, 4.69) is 0 Å². The first-order valence-corrected chi connectivity index (χ1v) is 3.42. The lowest BCUT2D eigenvalue weighted by Gasteiger charge is -1.93. The molecule has 0 aliphatic heterocycles. The molecule has 0 aliphatic rings. The first-order chi connectivity index (χ1) is 3.56. The molecule has 0 bridgehead atoms. The van der Waals surface area contributed by atoms with Crippen LogP contribution in [0.5, 0.6) is 0 Å². The van der Waals surface area contributed by atoms with Crippen LogP contribution in [-0.4, -0.2) is 26.1 Å². The third-order valence-corrected chi connectivity index (χ3v) is 0.998. The maximum atomic E-state index is 9.78. The fourth-order valence-corrected chi connectivity index (χ4v) is 0.564. The number of hydrogen-bond acceptors (Lipinski definition) is 3. The normalized spacial score (nSPS) is 10.4. The van der Waals surface area contributed by atoms with Gasteiger partial charge < -0.3 is 5.73 Å². The molecule has 4 N–H and O–H groups in total. The highest BCUT2D eigenvalue weighted by molar-refractivity contribution is 7.83. The molecule has 0 atom stereocenters. The maximum Gasteiger partial charge on any atom is 0.333 e. The Kier molecular flexibility index (Phi) is 6.52. The lowest BCUT2D eigenvalue weighted by molar-refractivity contribution is 0.468. The highest BCUT2D eigenvalue weighted by Gasteiger charge is 1.97. The van der Waals surface area contributed by atoms with Crippen molar-refractivity contribution in [3.8, 4) is 0 Å². The number of halogens is 1. The van der Waals surface area contributed by atoms with Gasteiger partial charge in [0.15, 0.2) is 0 Å². The summed E-state index contributed by atoms with van der Waals surface area (Å²) >= 11 is 0. The molecule has 5 nitrogen and oxygen atoms in total. The zero-order valence-corrected chi connectivity index (χ0v) is 6.20. The molecule has 0 saturated carbocycles. The standard InChI is InChI=1S/C2H8N2O3S.ClH/c3-1-2-4-8(5,6)7;/h4H,1-3H2,(H,5,6,7);1H. The Bertz CT molecular complexity index is 144. The molecule has 0 aromatic rings. The number of nitrogens with one attached hydrogen (secondary N) is 1. The van der Waals surface area contributed by atoms with E-state index in [1.807, 2.05) is 0 Å². The van der Waals surface area contributed by atoms with Gasteiger partial charge in [-0.1, -0.05) is 0 Å². The van der Waals surface area contributed by atoms with Crippen LogP contribution in [0.1, 0.15) is 0 Å². The van der Waals surface area contributed by atoms with Crippen LogP contribution >= 0.6 is 12.4 Å². The Labute approximate surface area is 59.9 Å². The van der Waals surface area contributed by atoms with Crippen molar-refractivity contribution in [2.24, 2.45) is 5.73 Å². The fraction of sp³-hybridized carbons (Fsp3) is 1.00. The van der Waals surface area contributed by atoms with Gasteiger partial charge in [0, 0.05) is 13.1 Å². The fourth-order valence-electron chi connectivity index (χ4n) is 0.188. The van der Waals surface area contributed by atoms with Crippen molar-refractivity contribution in [3.05, 3.63) is 0 Å². The van der Waals surface area contributed by atoms with E-state index in [9.17, 15) is 8.42 Å². The minimum absolute atomic E-state index is 0. The largest absolute Gasteiger partial charge is 0.333 e. The summed E-state index contributed by atoms with van der Waals surface area (Å²) < 4.78 is 29.3. The van der Waals surface area contributed by atoms with Crippen LogP contribution in [0.15, 0.2) is 0 Å². The van der Waals surface area contributed by atoms with Crippen molar-refractivity contribution in [2.45, 2.75) is 0 Å². The lowest BCUT2D eigenvalue weighted by atomic mass is 10.7. The molecule has 58 valence electrons. The second-order valence-electron chi connectivity index (χ2n) is 1.16. The number of nitrogens with two attached hydrogens (primary N) is 1. The van der Waals surface area contributed by atoms with Crippen molar-refractivity contribution in [3.63, 3.8) is 0 Å². The zero-order valence-electron chi connectivity index (χ0n) is 4.57. The lowest BCUT2D eigenvalue weighted by Crippen LogP contribution is -2.28. The van der Waals surface area contributed by atoms with Crippen molar-refractivity contribution < 1.29 is 13.0 Å². The smallest absolute Gasteiger partial charge is 0.329 e. The van der Waals surface area contributed by atoms with Gasteiger partial charge in [-0.25, -0.2) is 0 Å². The summed E-state index contributed by atoms with van der Waals surface area (Å²) in [6.07, 6.45) is 0. The van der Waals surface area contributed by atoms with Gasteiger partial charge in [0.1, 0.15) is 0 Å². The molecular formula is C2H9ClN2O3S. The Balaban J connectivity index is 0. The molecule has 9 heavy (non-hydrogen) atoms. The first-order valence-electron chi connectivity index (χ1n) is 1.98. The highest BCUT2D eigenvalue weighted by atomic mass is 35.5. The van der Waals surface area contributed by atoms with E-state index in [1.54, 1.807) is 4.72 Å². The monoisotopic (exact) mass is 176 g/mol. The minimum Gasteiger partial charge on any atom is -0.329 e. The highest BCUT2D eigenvalue weighted by Crippen LogP contribution is 1.67. The molecule has 0 aliphatic carbocycles. The van der Waals surface area contributed by atoms with Gasteiger partial charge in [0.2, 0.25) is 0 Å². The van der Waals surface area contributed by atoms with E-state index < -0.39 is 10.3 Å². The molecule has 0 aromatic heterocycles. The summed E-state index contributed by atoms with van der Waals surface area (Å²) in [4.78, 5) is 0. The van der Waals surface area contributed by atoms with Crippen LogP contribution in [0.4, 0.5) is 0 Å². The zero-order chi connectivity index (χ0) is 6.62. The predicted molar refractivity (Wildman–Crippen MR) is 35.9 cm³/mol. The Morgan fingerprint density at radius 2 is 2.00 bits per heavy atom. The molecule has 0 rings (SSSR count). The molecular weight excluding hydrogens is 168 g/mol. The number of hydrogen-bond donors (Lipinski definition) is 3. The average molecular weight is 177 g/mol. The minimum atomic E-state index is -4.02. The van der Waals surface area contributed by atoms with Crippen LogP contribution in [-0.2, 0) is 10.3 Å². The van der Waals surface area contributed by atoms with E-state index >= 15 is 0 Å². The van der Waals surface area contributed by atoms with E-state index in [-0.39, 0.29) is 25.5 Å². The van der Waals surface area contributed by atoms with Gasteiger partial charge in [-0.15, -0.1) is 12.4 Å². The molecule has 0 fully saturated rings. The van der Waals surface area contributed by atoms with Crippen molar-refractivity contribution in [1.82, 2.24) is 4.72 Å². The van der Waals surface area contributed by atoms with Gasteiger partial charge in [-0.2, -0.15) is 13.1 Å². The molecule has 0 heterocycles. The quantitative estimate of drug-likeness (QED) is 0.469. The Morgan fingerprint density at radius 3 is 2.11 bits per heavy atom. The third-order valence-electron chi connectivity index (χ3n) is 0.429. The van der Waals surface area contributed by atoms with Crippen LogP contribution in [0.2, 0.25) is 0 Å². The van der Waals surface area contributed by atoms with Gasteiger partial charge in [0.05, 0.1) is 0 Å². The molecule has 0 amide bonds. The molecule has 0 spiro atoms. The average Bonchev–Trinajstić information content (AvgIpc) is 1.59. The SMILES string of the molecule is Cl.NCCNS(=O)(=O)O. The predicted octanol–water partition coefficient (Wildman–Crippen LogP) is -1.24. The Hall–Kier alpha value is 0.120. The molecule has 0 radical (unpaired) electrons. The number of rotatable bonds is 3. The van der Waals surface area contributed by atoms with Crippen LogP contribution in [0.25, 0.3) is 0 Å². The summed E-state index contributed by atoms with van der Waals surface area (Å²) in [5, 5.41) is 0. The van der Waals surface area contributed by atoms with E-state index in [1.165, 1.54) is 0 Å². The van der Waals surface area contributed by atoms with Gasteiger partial charge in [-0.3, -0.25) is 4.55 Å². The molecule has 0 aromatic carbocycles. The summed E-state index contributed by atoms with van der Waals surface area (Å²) in [6, 6.07) is 0. The summed E-state index contributed by atoms with van der Waals surface area (Å²) in [5.74, 6) is 0. The van der Waals surface area contributed by atoms with Gasteiger partial charge >= 0.3 is 10.3 Å². The summed E-state index contributed by atoms with van der Waals surface area (Å²) in [7, 11) is -4.02. The molecule has 0 saturated heterocycles. The van der Waals surface area contributed by atoms with Crippen LogP contribution in [0, 0.1) is 0 Å². The summed E-state index contributed by atoms with van der Waals surface area (Å²) in [6.45, 7) is 0.249. The van der Waals surface area contributed by atoms with E-state index in [0.29, 0.717) is 0 Å². The van der Waals surface area contributed by atoms with Crippen molar-refractivity contribution in [1.29, 1.82) is 0 Å². The van der Waals surface area contributed by atoms with Crippen molar-refractivity contribution >= 4 is 22.7 Å². The van der Waals surface area contributed by atoms with E-state index in [4.69, 9.17) is 10.3 Å². The molecule has 7 heteroatoms. The van der Waals surface area contributed by atoms with E-state index in [0.717, 1.165) is 0 Å². The second kappa shape index (κ2) is 4.95. The maximum absolute atomic E-state index is 9.78. The molecule has 0 unspecified atom stereocenters. The third kappa shape index (κ3) is 11.6. The summed E-state index contributed by atoms with van der Waals surface area (Å²) in [5.41, 5.74) is 4.90. The van der Waals surface area contributed by atoms with Gasteiger partial charge in [-0.05, 0) is 0 Å². The first kappa shape index (κ1) is 11.9. The topological polar surface area (TPSA) is 92.4 Å². The second-order valence-corrected chi connectivity index (χ2v) is 2.40. The van der Waals surface area contributed by atoms with Crippen LogP contribution < -0.4 is 10.5 Å². The van der Waals surface area contributed by atoms with Crippen LogP contribution in [0.3, 0.4) is 0 Å². The van der Waals surface area contributed by atoms with Gasteiger partial charge in [0.25, 0.3) is 0 Å². The Morgan fingerprint density at radius 1 is 1.56 bits per heavy atom.